The molecule has 0 heterocycles. The molecule has 120 valence electrons. The molecule has 0 bridgehead atoms. The van der Waals surface area contributed by atoms with Crippen LogP contribution in [0.5, 0.6) is 0 Å². The van der Waals surface area contributed by atoms with E-state index < -0.39 is 0 Å². The number of ether oxygens (including phenoxy) is 1. The Kier molecular flexibility index (Phi) is 6.53. The van der Waals surface area contributed by atoms with Gasteiger partial charge in [0.2, 0.25) is 0 Å². The van der Waals surface area contributed by atoms with Crippen molar-refractivity contribution in [3.05, 3.63) is 0 Å². The van der Waals surface area contributed by atoms with Crippen LogP contribution < -0.4 is 5.32 Å². The molecule has 0 aromatic heterocycles. The molecule has 0 radical (unpaired) electrons. The highest BCUT2D eigenvalue weighted by Crippen LogP contribution is 2.36. The normalized spacial score (nSPS) is 29.7. The van der Waals surface area contributed by atoms with E-state index in [1.807, 2.05) is 0 Å². The number of hydrogen-bond acceptors (Lipinski definition) is 2. The zero-order valence-corrected chi connectivity index (χ0v) is 14.9. The molecule has 1 saturated carbocycles. The van der Waals surface area contributed by atoms with Crippen molar-refractivity contribution < 1.29 is 4.74 Å². The van der Waals surface area contributed by atoms with E-state index >= 15 is 0 Å². The summed E-state index contributed by atoms with van der Waals surface area (Å²) in [6, 6.07) is 0. The molecule has 0 aliphatic heterocycles. The van der Waals surface area contributed by atoms with Gasteiger partial charge in [-0.3, -0.25) is 0 Å². The van der Waals surface area contributed by atoms with Crippen molar-refractivity contribution in [1.29, 1.82) is 0 Å². The molecule has 0 saturated heterocycles. The van der Waals surface area contributed by atoms with Gasteiger partial charge in [0.25, 0.3) is 0 Å². The van der Waals surface area contributed by atoms with Crippen LogP contribution in [0.25, 0.3) is 0 Å². The molecule has 1 fully saturated rings. The fourth-order valence-electron chi connectivity index (χ4n) is 3.19. The molecule has 2 heteroatoms. The second-order valence-corrected chi connectivity index (χ2v) is 8.53. The summed E-state index contributed by atoms with van der Waals surface area (Å²) in [5, 5.41) is 3.68. The highest BCUT2D eigenvalue weighted by molar-refractivity contribution is 4.91. The summed E-state index contributed by atoms with van der Waals surface area (Å²) >= 11 is 0. The molecule has 1 N–H and O–H groups in total. The first-order valence-corrected chi connectivity index (χ1v) is 8.55. The Morgan fingerprint density at radius 3 is 2.15 bits per heavy atom. The summed E-state index contributed by atoms with van der Waals surface area (Å²) < 4.78 is 6.57. The van der Waals surface area contributed by atoms with Crippen molar-refractivity contribution >= 4 is 0 Å². The first-order valence-electron chi connectivity index (χ1n) is 8.55. The molecule has 2 nitrogen and oxygen atoms in total. The standard InChI is InChI=1S/C18H37NO/c1-14(2)12-16(4)20-18(13-19-17(5,6)7)10-8-15(3)9-11-18/h14-16,19H,8-13H2,1-7H3. The van der Waals surface area contributed by atoms with Gasteiger partial charge in [-0.2, -0.15) is 0 Å². The molecule has 1 atom stereocenters. The Morgan fingerprint density at radius 2 is 1.70 bits per heavy atom. The smallest absolute Gasteiger partial charge is 0.0810 e. The molecule has 0 aromatic rings. The first-order chi connectivity index (χ1) is 9.12. The van der Waals surface area contributed by atoms with E-state index in [1.54, 1.807) is 0 Å². The molecule has 1 unspecified atom stereocenters. The highest BCUT2D eigenvalue weighted by Gasteiger charge is 2.37. The van der Waals surface area contributed by atoms with Gasteiger partial charge < -0.3 is 10.1 Å². The zero-order valence-electron chi connectivity index (χ0n) is 14.9. The van der Waals surface area contributed by atoms with Gasteiger partial charge in [0.1, 0.15) is 0 Å². The van der Waals surface area contributed by atoms with Crippen molar-refractivity contribution in [2.24, 2.45) is 11.8 Å². The third-order valence-corrected chi connectivity index (χ3v) is 4.38. The third-order valence-electron chi connectivity index (χ3n) is 4.38. The summed E-state index contributed by atoms with van der Waals surface area (Å²) in [7, 11) is 0. The largest absolute Gasteiger partial charge is 0.371 e. The first kappa shape index (κ1) is 18.0. The Labute approximate surface area is 127 Å². The molecule has 1 rings (SSSR count). The van der Waals surface area contributed by atoms with Gasteiger partial charge in [-0.1, -0.05) is 20.8 Å². The average molecular weight is 284 g/mol. The van der Waals surface area contributed by atoms with E-state index in [4.69, 9.17) is 4.74 Å². The van der Waals surface area contributed by atoms with Crippen molar-refractivity contribution in [1.82, 2.24) is 5.32 Å². The zero-order chi connectivity index (χ0) is 15.4. The minimum atomic E-state index is 0.0636. The monoisotopic (exact) mass is 283 g/mol. The quantitative estimate of drug-likeness (QED) is 0.758. The maximum Gasteiger partial charge on any atom is 0.0810 e. The van der Waals surface area contributed by atoms with E-state index in [2.05, 4.69) is 53.8 Å². The number of nitrogens with one attached hydrogen (secondary N) is 1. The van der Waals surface area contributed by atoms with Gasteiger partial charge in [-0.15, -0.1) is 0 Å². The molecular formula is C18H37NO. The van der Waals surface area contributed by atoms with Gasteiger partial charge in [-0.05, 0) is 71.6 Å². The van der Waals surface area contributed by atoms with Gasteiger partial charge in [0.05, 0.1) is 11.7 Å². The summed E-state index contributed by atoms with van der Waals surface area (Å²) in [5.74, 6) is 1.57. The molecule has 1 aliphatic rings. The topological polar surface area (TPSA) is 21.3 Å². The minimum absolute atomic E-state index is 0.0636. The van der Waals surface area contributed by atoms with E-state index in [1.165, 1.54) is 25.7 Å². The van der Waals surface area contributed by atoms with Gasteiger partial charge in [0, 0.05) is 12.1 Å². The lowest BCUT2D eigenvalue weighted by Crippen LogP contribution is -2.52. The molecule has 0 aromatic carbocycles. The Balaban J connectivity index is 2.64. The van der Waals surface area contributed by atoms with Crippen LogP contribution in [-0.2, 0) is 4.74 Å². The van der Waals surface area contributed by atoms with Crippen molar-refractivity contribution in [2.45, 2.75) is 97.8 Å². The summed E-state index contributed by atoms with van der Waals surface area (Å²) in [6.07, 6.45) is 6.55. The van der Waals surface area contributed by atoms with E-state index in [9.17, 15) is 0 Å². The second-order valence-electron chi connectivity index (χ2n) is 8.53. The maximum atomic E-state index is 6.57. The van der Waals surface area contributed by atoms with Gasteiger partial charge >= 0.3 is 0 Å². The summed E-state index contributed by atoms with van der Waals surface area (Å²) in [6.45, 7) is 16.9. The predicted octanol–water partition coefficient (Wildman–Crippen LogP) is 4.77. The fourth-order valence-corrected chi connectivity index (χ4v) is 3.19. The predicted molar refractivity (Wildman–Crippen MR) is 88.1 cm³/mol. The van der Waals surface area contributed by atoms with Crippen LogP contribution in [0.3, 0.4) is 0 Å². The summed E-state index contributed by atoms with van der Waals surface area (Å²) in [4.78, 5) is 0. The van der Waals surface area contributed by atoms with Crippen LogP contribution in [0.4, 0.5) is 0 Å². The lowest BCUT2D eigenvalue weighted by Gasteiger charge is -2.43. The number of rotatable bonds is 6. The van der Waals surface area contributed by atoms with Gasteiger partial charge in [-0.25, -0.2) is 0 Å². The van der Waals surface area contributed by atoms with Crippen LogP contribution in [0.2, 0.25) is 0 Å². The number of hydrogen-bond donors (Lipinski definition) is 1. The molecular weight excluding hydrogens is 246 g/mol. The van der Waals surface area contributed by atoms with E-state index in [-0.39, 0.29) is 11.1 Å². The fraction of sp³-hybridized carbons (Fsp3) is 1.00. The lowest BCUT2D eigenvalue weighted by atomic mass is 9.78. The van der Waals surface area contributed by atoms with Crippen LogP contribution in [-0.4, -0.2) is 23.8 Å². The van der Waals surface area contributed by atoms with E-state index in [0.717, 1.165) is 18.9 Å². The Hall–Kier alpha value is -0.0800. The van der Waals surface area contributed by atoms with Crippen LogP contribution in [0.1, 0.15) is 80.6 Å². The Morgan fingerprint density at radius 1 is 1.15 bits per heavy atom. The van der Waals surface area contributed by atoms with Crippen LogP contribution in [0.15, 0.2) is 0 Å². The lowest BCUT2D eigenvalue weighted by molar-refractivity contribution is -0.118. The van der Waals surface area contributed by atoms with Crippen LogP contribution >= 0.6 is 0 Å². The average Bonchev–Trinajstić information content (AvgIpc) is 2.28. The molecule has 1 aliphatic carbocycles. The molecule has 0 spiro atoms. The Bertz CT molecular complexity index is 272. The molecule has 0 amide bonds. The minimum Gasteiger partial charge on any atom is -0.371 e. The highest BCUT2D eigenvalue weighted by atomic mass is 16.5. The van der Waals surface area contributed by atoms with Crippen molar-refractivity contribution in [3.8, 4) is 0 Å². The van der Waals surface area contributed by atoms with Crippen LogP contribution in [0, 0.1) is 11.8 Å². The maximum absolute atomic E-state index is 6.57. The van der Waals surface area contributed by atoms with E-state index in [0.29, 0.717) is 12.0 Å². The van der Waals surface area contributed by atoms with Gasteiger partial charge in [0.15, 0.2) is 0 Å². The van der Waals surface area contributed by atoms with Crippen molar-refractivity contribution in [3.63, 3.8) is 0 Å². The van der Waals surface area contributed by atoms with Crippen molar-refractivity contribution in [2.75, 3.05) is 6.54 Å². The SMILES string of the molecule is CC(C)CC(C)OC1(CNC(C)(C)C)CCC(C)CC1. The summed E-state index contributed by atoms with van der Waals surface area (Å²) in [5.41, 5.74) is 0.231. The third kappa shape index (κ3) is 6.58. The second kappa shape index (κ2) is 7.26. The molecule has 20 heavy (non-hydrogen) atoms.